The van der Waals surface area contributed by atoms with Crippen LogP contribution < -0.4 is 5.32 Å². The van der Waals surface area contributed by atoms with Gasteiger partial charge in [-0.3, -0.25) is 19.3 Å². The van der Waals surface area contributed by atoms with Crippen LogP contribution in [0.4, 0.5) is 4.79 Å². The van der Waals surface area contributed by atoms with Gasteiger partial charge in [-0.2, -0.15) is 0 Å². The molecule has 3 amide bonds. The monoisotopic (exact) mass is 343 g/mol. The summed E-state index contributed by atoms with van der Waals surface area (Å²) < 4.78 is 0.648. The van der Waals surface area contributed by atoms with Crippen LogP contribution in [0.25, 0.3) is 0 Å². The van der Waals surface area contributed by atoms with Gasteiger partial charge in [0.05, 0.1) is 11.3 Å². The van der Waals surface area contributed by atoms with E-state index in [2.05, 4.69) is 26.2 Å². The van der Waals surface area contributed by atoms with E-state index in [0.29, 0.717) is 10.2 Å². The first-order valence-corrected chi connectivity index (χ1v) is 7.22. The molecule has 0 aliphatic carbocycles. The number of aromatic nitrogens is 1. The third-order valence-electron chi connectivity index (χ3n) is 2.45. The summed E-state index contributed by atoms with van der Waals surface area (Å²) in [5, 5.41) is 2.38. The number of hydrogen-bond acceptors (Lipinski definition) is 5. The minimum Gasteiger partial charge on any atom is -0.350 e. The molecule has 0 unspecified atom stereocenters. The predicted molar refractivity (Wildman–Crippen MR) is 73.8 cm³/mol. The van der Waals surface area contributed by atoms with Crippen molar-refractivity contribution in [3.05, 3.63) is 28.5 Å². The number of imide groups is 1. The van der Waals surface area contributed by atoms with Crippen LogP contribution in [0.2, 0.25) is 0 Å². The molecule has 8 heteroatoms. The molecular formula is C11H10BrN3O3S. The van der Waals surface area contributed by atoms with Crippen molar-refractivity contribution < 1.29 is 14.4 Å². The topological polar surface area (TPSA) is 79.4 Å². The van der Waals surface area contributed by atoms with Gasteiger partial charge >= 0.3 is 0 Å². The SMILES string of the molecule is O=C(NCCN1C(=O)CSC1=O)c1ccc(Br)nc1. The molecule has 1 fully saturated rings. The third kappa shape index (κ3) is 3.54. The molecule has 1 N–H and O–H groups in total. The summed E-state index contributed by atoms with van der Waals surface area (Å²) in [6.07, 6.45) is 1.45. The summed E-state index contributed by atoms with van der Waals surface area (Å²) in [4.78, 5) is 39.5. The number of amides is 3. The van der Waals surface area contributed by atoms with Crippen LogP contribution in [0.5, 0.6) is 0 Å². The van der Waals surface area contributed by atoms with Gasteiger partial charge < -0.3 is 5.32 Å². The van der Waals surface area contributed by atoms with Crippen molar-refractivity contribution in [3.8, 4) is 0 Å². The molecule has 1 aliphatic rings. The lowest BCUT2D eigenvalue weighted by Crippen LogP contribution is -2.37. The van der Waals surface area contributed by atoms with Crippen molar-refractivity contribution >= 4 is 44.7 Å². The Morgan fingerprint density at radius 2 is 2.26 bits per heavy atom. The summed E-state index contributed by atoms with van der Waals surface area (Å²) in [6.45, 7) is 0.424. The fourth-order valence-electron chi connectivity index (χ4n) is 1.49. The molecule has 0 atom stereocenters. The molecule has 0 aromatic carbocycles. The van der Waals surface area contributed by atoms with Crippen LogP contribution in [-0.4, -0.2) is 45.8 Å². The van der Waals surface area contributed by atoms with E-state index < -0.39 is 0 Å². The number of hydrogen-bond donors (Lipinski definition) is 1. The molecule has 2 heterocycles. The maximum atomic E-state index is 11.7. The van der Waals surface area contributed by atoms with E-state index >= 15 is 0 Å². The van der Waals surface area contributed by atoms with Gasteiger partial charge in [-0.1, -0.05) is 11.8 Å². The number of nitrogens with zero attached hydrogens (tertiary/aromatic N) is 2. The number of nitrogens with one attached hydrogen (secondary N) is 1. The van der Waals surface area contributed by atoms with Crippen molar-refractivity contribution in [1.29, 1.82) is 0 Å². The van der Waals surface area contributed by atoms with E-state index in [0.717, 1.165) is 16.7 Å². The minimum absolute atomic E-state index is 0.184. The van der Waals surface area contributed by atoms with Gasteiger partial charge in [0.1, 0.15) is 4.60 Å². The Morgan fingerprint density at radius 1 is 1.47 bits per heavy atom. The minimum atomic E-state index is -0.285. The molecular weight excluding hydrogens is 334 g/mol. The zero-order valence-corrected chi connectivity index (χ0v) is 12.2. The summed E-state index contributed by atoms with van der Waals surface area (Å²) in [7, 11) is 0. The molecule has 6 nitrogen and oxygen atoms in total. The Morgan fingerprint density at radius 3 is 2.84 bits per heavy atom. The first-order chi connectivity index (χ1) is 9.08. The highest BCUT2D eigenvalue weighted by molar-refractivity contribution is 9.10. The van der Waals surface area contributed by atoms with E-state index in [1.54, 1.807) is 12.1 Å². The van der Waals surface area contributed by atoms with Crippen molar-refractivity contribution in [2.24, 2.45) is 0 Å². The third-order valence-corrected chi connectivity index (χ3v) is 3.78. The van der Waals surface area contributed by atoms with Gasteiger partial charge in [-0.15, -0.1) is 0 Å². The van der Waals surface area contributed by atoms with Crippen LogP contribution in [0, 0.1) is 0 Å². The van der Waals surface area contributed by atoms with Crippen LogP contribution >= 0.6 is 27.7 Å². The number of carbonyl (C=O) groups is 3. The van der Waals surface area contributed by atoms with Crippen LogP contribution in [0.15, 0.2) is 22.9 Å². The van der Waals surface area contributed by atoms with Gasteiger partial charge in [0.25, 0.3) is 11.1 Å². The molecule has 0 bridgehead atoms. The van der Waals surface area contributed by atoms with Crippen LogP contribution in [0.3, 0.4) is 0 Å². The molecule has 0 spiro atoms. The van der Waals surface area contributed by atoms with Crippen LogP contribution in [0.1, 0.15) is 10.4 Å². The quantitative estimate of drug-likeness (QED) is 0.832. The Bertz CT molecular complexity index is 504. The number of thioether (sulfide) groups is 1. The molecule has 100 valence electrons. The Balaban J connectivity index is 1.82. The Labute approximate surface area is 122 Å². The van der Waals surface area contributed by atoms with E-state index in [1.165, 1.54) is 6.20 Å². The normalized spacial score (nSPS) is 14.9. The summed E-state index contributed by atoms with van der Waals surface area (Å²) in [5.41, 5.74) is 0.427. The molecule has 0 saturated carbocycles. The zero-order chi connectivity index (χ0) is 13.8. The van der Waals surface area contributed by atoms with Gasteiger partial charge in [-0.05, 0) is 28.1 Å². The second kappa shape index (κ2) is 6.16. The molecule has 19 heavy (non-hydrogen) atoms. The largest absolute Gasteiger partial charge is 0.350 e. The Kier molecular flexibility index (Phi) is 4.54. The maximum Gasteiger partial charge on any atom is 0.288 e. The van der Waals surface area contributed by atoms with E-state index in [1.807, 2.05) is 0 Å². The fourth-order valence-corrected chi connectivity index (χ4v) is 2.48. The van der Waals surface area contributed by atoms with Crippen molar-refractivity contribution in [2.45, 2.75) is 0 Å². The second-order valence-electron chi connectivity index (χ2n) is 3.73. The fraction of sp³-hybridized carbons (Fsp3) is 0.273. The highest BCUT2D eigenvalue weighted by atomic mass is 79.9. The molecule has 2 rings (SSSR count). The maximum absolute atomic E-state index is 11.7. The summed E-state index contributed by atoms with van der Waals surface area (Å²) >= 11 is 4.16. The first-order valence-electron chi connectivity index (χ1n) is 5.45. The zero-order valence-electron chi connectivity index (χ0n) is 9.76. The van der Waals surface area contributed by atoms with E-state index in [4.69, 9.17) is 0 Å². The standard InChI is InChI=1S/C11H10BrN3O3S/c12-8-2-1-7(5-14-8)10(17)13-3-4-15-9(16)6-19-11(15)18/h1-2,5H,3-4,6H2,(H,13,17). The lowest BCUT2D eigenvalue weighted by atomic mass is 10.3. The smallest absolute Gasteiger partial charge is 0.288 e. The Hall–Kier alpha value is -1.41. The van der Waals surface area contributed by atoms with Crippen molar-refractivity contribution in [1.82, 2.24) is 15.2 Å². The molecule has 1 aromatic rings. The highest BCUT2D eigenvalue weighted by Crippen LogP contribution is 2.17. The average Bonchev–Trinajstić information content (AvgIpc) is 2.71. The summed E-state index contributed by atoms with van der Waals surface area (Å²) in [6, 6.07) is 3.30. The molecule has 1 aromatic heterocycles. The number of halogens is 1. The average molecular weight is 344 g/mol. The predicted octanol–water partition coefficient (Wildman–Crippen LogP) is 1.27. The van der Waals surface area contributed by atoms with Crippen LogP contribution in [-0.2, 0) is 4.79 Å². The lowest BCUT2D eigenvalue weighted by molar-refractivity contribution is -0.124. The van der Waals surface area contributed by atoms with Gasteiger partial charge in [-0.25, -0.2) is 4.98 Å². The van der Waals surface area contributed by atoms with Crippen molar-refractivity contribution in [3.63, 3.8) is 0 Å². The second-order valence-corrected chi connectivity index (χ2v) is 5.46. The molecule has 1 saturated heterocycles. The molecule has 0 radical (unpaired) electrons. The van der Waals surface area contributed by atoms with Crippen molar-refractivity contribution in [2.75, 3.05) is 18.8 Å². The molecule has 1 aliphatic heterocycles. The van der Waals surface area contributed by atoms with Gasteiger partial charge in [0.15, 0.2) is 0 Å². The first kappa shape index (κ1) is 14.0. The van der Waals surface area contributed by atoms with E-state index in [-0.39, 0.29) is 35.9 Å². The number of pyridine rings is 1. The van der Waals surface area contributed by atoms with E-state index in [9.17, 15) is 14.4 Å². The number of rotatable bonds is 4. The van der Waals surface area contributed by atoms with Gasteiger partial charge in [0.2, 0.25) is 5.91 Å². The summed E-state index contributed by atoms with van der Waals surface area (Å²) in [5.74, 6) is -0.315. The highest BCUT2D eigenvalue weighted by Gasteiger charge is 2.29. The lowest BCUT2D eigenvalue weighted by Gasteiger charge is -2.12. The van der Waals surface area contributed by atoms with Gasteiger partial charge in [0, 0.05) is 19.3 Å². The number of carbonyl (C=O) groups excluding carboxylic acids is 3.